The standard InChI is InChI=1S/C17H15F4N3OS/c1-9-11(25-8-17(20,21)16(18)19)6-7-22-13(9)15-23-10-4-3-5-12(26-2)14(10)24-15/h3-7,16H,8H2,1-2H3,(H,23,24). The van der Waals surface area contributed by atoms with Gasteiger partial charge in [-0.3, -0.25) is 4.98 Å². The fraction of sp³-hybridized carbons (Fsp3) is 0.294. The molecule has 0 unspecified atom stereocenters. The number of alkyl halides is 4. The second kappa shape index (κ2) is 7.14. The maximum Gasteiger partial charge on any atom is 0.340 e. The number of halogens is 4. The van der Waals surface area contributed by atoms with Gasteiger partial charge in [-0.1, -0.05) is 6.07 Å². The molecule has 0 amide bonds. The Hall–Kier alpha value is -2.29. The van der Waals surface area contributed by atoms with Gasteiger partial charge in [0.15, 0.2) is 12.4 Å². The van der Waals surface area contributed by atoms with Gasteiger partial charge < -0.3 is 9.72 Å². The van der Waals surface area contributed by atoms with Crippen LogP contribution in [0.5, 0.6) is 5.75 Å². The van der Waals surface area contributed by atoms with Crippen molar-refractivity contribution in [3.8, 4) is 17.3 Å². The molecule has 0 spiro atoms. The Bertz CT molecular complexity index is 930. The normalized spacial score (nSPS) is 12.1. The largest absolute Gasteiger partial charge is 0.487 e. The summed E-state index contributed by atoms with van der Waals surface area (Å²) in [7, 11) is 0. The third-order valence-corrected chi connectivity index (χ3v) is 4.58. The van der Waals surface area contributed by atoms with E-state index in [4.69, 9.17) is 4.74 Å². The van der Waals surface area contributed by atoms with Crippen molar-refractivity contribution < 1.29 is 22.3 Å². The monoisotopic (exact) mass is 385 g/mol. The van der Waals surface area contributed by atoms with E-state index in [1.54, 1.807) is 18.7 Å². The summed E-state index contributed by atoms with van der Waals surface area (Å²) < 4.78 is 55.7. The lowest BCUT2D eigenvalue weighted by molar-refractivity contribution is -0.148. The van der Waals surface area contributed by atoms with Gasteiger partial charge in [-0.05, 0) is 31.4 Å². The number of thioether (sulfide) groups is 1. The van der Waals surface area contributed by atoms with Crippen LogP contribution in [0.2, 0.25) is 0 Å². The molecule has 0 saturated heterocycles. The SMILES string of the molecule is CSc1cccc2[nH]c(-c3nccc(OCC(F)(F)C(F)F)c3C)nc12. The van der Waals surface area contributed by atoms with Crippen LogP contribution in [0, 0.1) is 6.92 Å². The van der Waals surface area contributed by atoms with Crippen LogP contribution in [0.3, 0.4) is 0 Å². The Kier molecular flexibility index (Phi) is 5.08. The van der Waals surface area contributed by atoms with Gasteiger partial charge in [0.25, 0.3) is 0 Å². The van der Waals surface area contributed by atoms with Gasteiger partial charge in [0.2, 0.25) is 0 Å². The quantitative estimate of drug-likeness (QED) is 0.483. The molecule has 0 fully saturated rings. The third-order valence-electron chi connectivity index (χ3n) is 3.81. The van der Waals surface area contributed by atoms with Gasteiger partial charge in [-0.15, -0.1) is 11.8 Å². The second-order valence-corrected chi connectivity index (χ2v) is 6.42. The lowest BCUT2D eigenvalue weighted by Gasteiger charge is -2.17. The first kappa shape index (κ1) is 18.5. The molecule has 0 aliphatic heterocycles. The van der Waals surface area contributed by atoms with E-state index in [1.165, 1.54) is 12.3 Å². The number of hydrogen-bond acceptors (Lipinski definition) is 4. The van der Waals surface area contributed by atoms with Crippen LogP contribution in [0.15, 0.2) is 35.4 Å². The molecular weight excluding hydrogens is 370 g/mol. The van der Waals surface area contributed by atoms with E-state index >= 15 is 0 Å². The van der Waals surface area contributed by atoms with E-state index in [0.717, 1.165) is 15.9 Å². The molecule has 1 aromatic carbocycles. The van der Waals surface area contributed by atoms with Gasteiger partial charge in [0, 0.05) is 16.7 Å². The van der Waals surface area contributed by atoms with Gasteiger partial charge in [0.05, 0.1) is 5.52 Å². The van der Waals surface area contributed by atoms with Crippen LogP contribution in [-0.2, 0) is 0 Å². The smallest absolute Gasteiger partial charge is 0.340 e. The van der Waals surface area contributed by atoms with Crippen molar-refractivity contribution in [3.63, 3.8) is 0 Å². The highest BCUT2D eigenvalue weighted by Gasteiger charge is 2.41. The van der Waals surface area contributed by atoms with E-state index < -0.39 is 19.0 Å². The molecule has 0 saturated carbocycles. The number of pyridine rings is 1. The average Bonchev–Trinajstić information content (AvgIpc) is 3.04. The third kappa shape index (κ3) is 3.48. The fourth-order valence-corrected chi connectivity index (χ4v) is 3.00. The van der Waals surface area contributed by atoms with Gasteiger partial charge in [0.1, 0.15) is 17.0 Å². The molecule has 0 aliphatic carbocycles. The Balaban J connectivity index is 1.95. The van der Waals surface area contributed by atoms with Gasteiger partial charge >= 0.3 is 12.3 Å². The molecule has 2 heterocycles. The minimum Gasteiger partial charge on any atom is -0.487 e. The van der Waals surface area contributed by atoms with E-state index in [9.17, 15) is 17.6 Å². The van der Waals surface area contributed by atoms with Crippen molar-refractivity contribution in [3.05, 3.63) is 36.0 Å². The Morgan fingerprint density at radius 2 is 2.04 bits per heavy atom. The van der Waals surface area contributed by atoms with Crippen molar-refractivity contribution in [2.24, 2.45) is 0 Å². The summed E-state index contributed by atoms with van der Waals surface area (Å²) in [4.78, 5) is 12.9. The maximum atomic E-state index is 13.1. The number of rotatable bonds is 6. The van der Waals surface area contributed by atoms with Gasteiger partial charge in [-0.2, -0.15) is 8.78 Å². The topological polar surface area (TPSA) is 50.8 Å². The number of aromatic nitrogens is 3. The molecular formula is C17H15F4N3OS. The molecule has 9 heteroatoms. The first-order chi connectivity index (χ1) is 12.3. The number of ether oxygens (including phenoxy) is 1. The minimum absolute atomic E-state index is 0.0564. The number of H-pyrrole nitrogens is 1. The number of nitrogens with one attached hydrogen (secondary N) is 1. The first-order valence-corrected chi connectivity index (χ1v) is 8.83. The molecule has 0 aliphatic rings. The summed E-state index contributed by atoms with van der Waals surface area (Å²) in [5.41, 5.74) is 2.42. The van der Waals surface area contributed by atoms with E-state index in [2.05, 4.69) is 15.0 Å². The summed E-state index contributed by atoms with van der Waals surface area (Å²) in [6, 6.07) is 7.05. The van der Waals surface area contributed by atoms with Crippen molar-refractivity contribution in [1.82, 2.24) is 15.0 Å². The predicted molar refractivity (Wildman–Crippen MR) is 92.3 cm³/mol. The van der Waals surface area contributed by atoms with Crippen LogP contribution >= 0.6 is 11.8 Å². The zero-order chi connectivity index (χ0) is 18.9. The molecule has 26 heavy (non-hydrogen) atoms. The maximum absolute atomic E-state index is 13.1. The Morgan fingerprint density at radius 3 is 2.73 bits per heavy atom. The second-order valence-electron chi connectivity index (χ2n) is 5.57. The number of imidazole rings is 1. The molecule has 138 valence electrons. The highest BCUT2D eigenvalue weighted by molar-refractivity contribution is 7.98. The number of hydrogen-bond donors (Lipinski definition) is 1. The van der Waals surface area contributed by atoms with Gasteiger partial charge in [-0.25, -0.2) is 13.8 Å². The van der Waals surface area contributed by atoms with Crippen LogP contribution in [0.1, 0.15) is 5.56 Å². The number of para-hydroxylation sites is 1. The first-order valence-electron chi connectivity index (χ1n) is 7.61. The molecule has 0 bridgehead atoms. The molecule has 3 rings (SSSR count). The summed E-state index contributed by atoms with van der Waals surface area (Å²) >= 11 is 1.55. The van der Waals surface area contributed by atoms with Crippen LogP contribution in [0.25, 0.3) is 22.6 Å². The van der Waals surface area contributed by atoms with E-state index in [1.807, 2.05) is 24.5 Å². The highest BCUT2D eigenvalue weighted by atomic mass is 32.2. The van der Waals surface area contributed by atoms with E-state index in [-0.39, 0.29) is 5.75 Å². The van der Waals surface area contributed by atoms with Crippen molar-refractivity contribution >= 4 is 22.8 Å². The van der Waals surface area contributed by atoms with Crippen LogP contribution in [0.4, 0.5) is 17.6 Å². The van der Waals surface area contributed by atoms with Crippen molar-refractivity contribution in [2.45, 2.75) is 24.2 Å². The zero-order valence-electron chi connectivity index (χ0n) is 13.9. The fourth-order valence-electron chi connectivity index (χ4n) is 2.43. The summed E-state index contributed by atoms with van der Waals surface area (Å²) in [6.45, 7) is 0.201. The minimum atomic E-state index is -4.22. The lowest BCUT2D eigenvalue weighted by Crippen LogP contribution is -2.33. The number of aromatic amines is 1. The number of benzene rings is 1. The summed E-state index contributed by atoms with van der Waals surface area (Å²) in [5, 5.41) is 0. The molecule has 0 radical (unpaired) electrons. The number of nitrogens with zero attached hydrogens (tertiary/aromatic N) is 2. The van der Waals surface area contributed by atoms with Crippen molar-refractivity contribution in [1.29, 1.82) is 0 Å². The lowest BCUT2D eigenvalue weighted by atomic mass is 10.2. The highest BCUT2D eigenvalue weighted by Crippen LogP contribution is 2.32. The molecule has 2 aromatic heterocycles. The molecule has 0 atom stereocenters. The molecule has 1 N–H and O–H groups in total. The van der Waals surface area contributed by atoms with Crippen LogP contribution < -0.4 is 4.74 Å². The zero-order valence-corrected chi connectivity index (χ0v) is 14.7. The average molecular weight is 385 g/mol. The number of fused-ring (bicyclic) bond motifs is 1. The van der Waals surface area contributed by atoms with Crippen LogP contribution in [-0.4, -0.2) is 40.2 Å². The Morgan fingerprint density at radius 1 is 1.27 bits per heavy atom. The Labute approximate surface area is 151 Å². The van der Waals surface area contributed by atoms with E-state index in [0.29, 0.717) is 17.1 Å². The molecule has 4 nitrogen and oxygen atoms in total. The molecule has 3 aromatic rings. The summed E-state index contributed by atoms with van der Waals surface area (Å²) in [5.74, 6) is -3.71. The summed E-state index contributed by atoms with van der Waals surface area (Å²) in [6.07, 6.45) is -0.491. The predicted octanol–water partition coefficient (Wildman–Crippen LogP) is 4.93. The van der Waals surface area contributed by atoms with Crippen molar-refractivity contribution in [2.75, 3.05) is 12.9 Å².